The molecule has 1 aromatic heterocycles. The van der Waals surface area contributed by atoms with Crippen LogP contribution in [0.1, 0.15) is 30.0 Å². The normalized spacial score (nSPS) is 10.9. The summed E-state index contributed by atoms with van der Waals surface area (Å²) in [6.45, 7) is 3.65. The molecule has 0 fully saturated rings. The summed E-state index contributed by atoms with van der Waals surface area (Å²) in [5.41, 5.74) is 3.16. The molecule has 0 saturated heterocycles. The topological polar surface area (TPSA) is 34.9 Å². The molecule has 1 aromatic carbocycles. The minimum absolute atomic E-state index is 0.00625. The van der Waals surface area contributed by atoms with Crippen LogP contribution in [0.4, 0.5) is 0 Å². The second-order valence-electron chi connectivity index (χ2n) is 3.73. The lowest BCUT2D eigenvalue weighted by atomic mass is 10.1. The average Bonchev–Trinajstić information content (AvgIpc) is 2.55. The summed E-state index contributed by atoms with van der Waals surface area (Å²) < 4.78 is 1.84. The highest BCUT2D eigenvalue weighted by molar-refractivity contribution is 5.94. The molecule has 2 rings (SSSR count). The maximum absolute atomic E-state index is 11.3. The van der Waals surface area contributed by atoms with E-state index < -0.39 is 0 Å². The Bertz CT molecular complexity index is 526. The minimum Gasteiger partial charge on any atom is -0.325 e. The molecule has 15 heavy (non-hydrogen) atoms. The molecule has 3 nitrogen and oxygen atoms in total. The van der Waals surface area contributed by atoms with Crippen LogP contribution in [0.3, 0.4) is 0 Å². The predicted molar refractivity (Wildman–Crippen MR) is 60.1 cm³/mol. The van der Waals surface area contributed by atoms with Crippen molar-refractivity contribution >= 4 is 16.8 Å². The van der Waals surface area contributed by atoms with E-state index in [4.69, 9.17) is 0 Å². The molecule has 3 heteroatoms. The quantitative estimate of drug-likeness (QED) is 0.700. The summed E-state index contributed by atoms with van der Waals surface area (Å²) in [5, 5.41) is 0. The second kappa shape index (κ2) is 3.50. The van der Waals surface area contributed by atoms with Crippen molar-refractivity contribution in [2.24, 2.45) is 7.05 Å². The van der Waals surface area contributed by atoms with Crippen LogP contribution in [0.2, 0.25) is 0 Å². The average molecular weight is 202 g/mol. The number of hydrogen-bond donors (Lipinski definition) is 0. The standard InChI is InChI=1S/C12H14N2O/c1-4-9-5-6-11-10(7-9)13-12(8(2)15)14(11)3/h5-7H,4H2,1-3H3. The molecule has 78 valence electrons. The van der Waals surface area contributed by atoms with Gasteiger partial charge in [-0.3, -0.25) is 4.79 Å². The summed E-state index contributed by atoms with van der Waals surface area (Å²) >= 11 is 0. The van der Waals surface area contributed by atoms with Gasteiger partial charge >= 0.3 is 0 Å². The first kappa shape index (κ1) is 9.90. The Morgan fingerprint density at radius 1 is 1.47 bits per heavy atom. The second-order valence-corrected chi connectivity index (χ2v) is 3.73. The molecule has 0 aliphatic carbocycles. The Hall–Kier alpha value is -1.64. The van der Waals surface area contributed by atoms with Gasteiger partial charge in [0.15, 0.2) is 11.6 Å². The van der Waals surface area contributed by atoms with Crippen LogP contribution in [-0.2, 0) is 13.5 Å². The Morgan fingerprint density at radius 3 is 2.80 bits per heavy atom. The Kier molecular flexibility index (Phi) is 2.31. The van der Waals surface area contributed by atoms with Crippen LogP contribution >= 0.6 is 0 Å². The molecule has 0 aliphatic rings. The van der Waals surface area contributed by atoms with Gasteiger partial charge in [-0.2, -0.15) is 0 Å². The summed E-state index contributed by atoms with van der Waals surface area (Å²) in [4.78, 5) is 15.6. The Labute approximate surface area is 88.7 Å². The molecule has 0 radical (unpaired) electrons. The lowest BCUT2D eigenvalue weighted by molar-refractivity contribution is 0.100. The van der Waals surface area contributed by atoms with Gasteiger partial charge in [0.1, 0.15) is 0 Å². The number of ketones is 1. The van der Waals surface area contributed by atoms with Crippen molar-refractivity contribution < 1.29 is 4.79 Å². The molecule has 0 atom stereocenters. The molecule has 1 heterocycles. The zero-order chi connectivity index (χ0) is 11.0. The molecule has 0 saturated carbocycles. The number of hydrogen-bond acceptors (Lipinski definition) is 2. The summed E-state index contributed by atoms with van der Waals surface area (Å²) in [6, 6.07) is 6.14. The van der Waals surface area contributed by atoms with Crippen molar-refractivity contribution in [3.8, 4) is 0 Å². The molecular formula is C12H14N2O. The molecule has 2 aromatic rings. The number of aromatic nitrogens is 2. The number of imidazole rings is 1. The van der Waals surface area contributed by atoms with Gasteiger partial charge in [0, 0.05) is 14.0 Å². The highest BCUT2D eigenvalue weighted by Crippen LogP contribution is 2.17. The molecule has 0 N–H and O–H groups in total. The van der Waals surface area contributed by atoms with Gasteiger partial charge in [-0.1, -0.05) is 13.0 Å². The zero-order valence-electron chi connectivity index (χ0n) is 9.24. The number of Topliss-reactive ketones (excluding diaryl/α,β-unsaturated/α-hetero) is 1. The molecule has 0 spiro atoms. The van der Waals surface area contributed by atoms with E-state index in [0.717, 1.165) is 17.5 Å². The van der Waals surface area contributed by atoms with Crippen molar-refractivity contribution in [3.63, 3.8) is 0 Å². The molecule has 0 bridgehead atoms. The van der Waals surface area contributed by atoms with E-state index in [1.165, 1.54) is 5.56 Å². The summed E-state index contributed by atoms with van der Waals surface area (Å²) in [6.07, 6.45) is 0.988. The van der Waals surface area contributed by atoms with Crippen LogP contribution in [0.5, 0.6) is 0 Å². The smallest absolute Gasteiger partial charge is 0.195 e. The number of benzene rings is 1. The van der Waals surface area contributed by atoms with Gasteiger partial charge in [-0.05, 0) is 24.1 Å². The fourth-order valence-electron chi connectivity index (χ4n) is 1.78. The van der Waals surface area contributed by atoms with Crippen molar-refractivity contribution in [2.75, 3.05) is 0 Å². The largest absolute Gasteiger partial charge is 0.325 e. The van der Waals surface area contributed by atoms with Gasteiger partial charge in [0.05, 0.1) is 11.0 Å². The Morgan fingerprint density at radius 2 is 2.20 bits per heavy atom. The van der Waals surface area contributed by atoms with Gasteiger partial charge in [0.2, 0.25) is 0 Å². The third kappa shape index (κ3) is 1.54. The number of fused-ring (bicyclic) bond motifs is 1. The van der Waals surface area contributed by atoms with Crippen LogP contribution in [0.15, 0.2) is 18.2 Å². The third-order valence-electron chi connectivity index (χ3n) is 2.67. The maximum atomic E-state index is 11.3. The molecule has 0 unspecified atom stereocenters. The van der Waals surface area contributed by atoms with Crippen LogP contribution in [-0.4, -0.2) is 15.3 Å². The number of nitrogens with zero attached hydrogens (tertiary/aromatic N) is 2. The molecular weight excluding hydrogens is 188 g/mol. The maximum Gasteiger partial charge on any atom is 0.195 e. The number of carbonyl (C=O) groups excluding carboxylic acids is 1. The fraction of sp³-hybridized carbons (Fsp3) is 0.333. The Balaban J connectivity index is 2.70. The number of carbonyl (C=O) groups is 1. The predicted octanol–water partition coefficient (Wildman–Crippen LogP) is 2.34. The van der Waals surface area contributed by atoms with Crippen molar-refractivity contribution in [3.05, 3.63) is 29.6 Å². The van der Waals surface area contributed by atoms with E-state index in [1.54, 1.807) is 6.92 Å². The van der Waals surface area contributed by atoms with E-state index >= 15 is 0 Å². The van der Waals surface area contributed by atoms with Crippen LogP contribution < -0.4 is 0 Å². The molecule has 0 aliphatic heterocycles. The lowest BCUT2D eigenvalue weighted by Crippen LogP contribution is -2.02. The third-order valence-corrected chi connectivity index (χ3v) is 2.67. The van der Waals surface area contributed by atoms with E-state index in [1.807, 2.05) is 23.7 Å². The van der Waals surface area contributed by atoms with Gasteiger partial charge in [-0.25, -0.2) is 4.98 Å². The van der Waals surface area contributed by atoms with Crippen LogP contribution in [0.25, 0.3) is 11.0 Å². The van der Waals surface area contributed by atoms with E-state index in [2.05, 4.69) is 18.0 Å². The van der Waals surface area contributed by atoms with Gasteiger partial charge < -0.3 is 4.57 Å². The lowest BCUT2D eigenvalue weighted by Gasteiger charge is -1.98. The first-order valence-electron chi connectivity index (χ1n) is 5.09. The van der Waals surface area contributed by atoms with Crippen LogP contribution in [0, 0.1) is 0 Å². The van der Waals surface area contributed by atoms with E-state index in [0.29, 0.717) is 5.82 Å². The van der Waals surface area contributed by atoms with Gasteiger partial charge in [-0.15, -0.1) is 0 Å². The monoisotopic (exact) mass is 202 g/mol. The highest BCUT2D eigenvalue weighted by Gasteiger charge is 2.10. The molecule has 0 amide bonds. The van der Waals surface area contributed by atoms with Gasteiger partial charge in [0.25, 0.3) is 0 Å². The van der Waals surface area contributed by atoms with E-state index in [-0.39, 0.29) is 5.78 Å². The van der Waals surface area contributed by atoms with E-state index in [9.17, 15) is 4.79 Å². The minimum atomic E-state index is 0.00625. The van der Waals surface area contributed by atoms with Crippen molar-refractivity contribution in [2.45, 2.75) is 20.3 Å². The number of rotatable bonds is 2. The summed E-state index contributed by atoms with van der Waals surface area (Å²) in [5.74, 6) is 0.532. The first-order valence-corrected chi connectivity index (χ1v) is 5.09. The van der Waals surface area contributed by atoms with Crippen molar-refractivity contribution in [1.82, 2.24) is 9.55 Å². The first-order chi connectivity index (χ1) is 7.13. The van der Waals surface area contributed by atoms with Crippen molar-refractivity contribution in [1.29, 1.82) is 0 Å². The zero-order valence-corrected chi connectivity index (χ0v) is 9.24. The fourth-order valence-corrected chi connectivity index (χ4v) is 1.78. The summed E-state index contributed by atoms with van der Waals surface area (Å²) in [7, 11) is 1.87. The number of aryl methyl sites for hydroxylation is 2. The highest BCUT2D eigenvalue weighted by atomic mass is 16.1. The SMILES string of the molecule is CCc1ccc2c(c1)nc(C(C)=O)n2C.